The SMILES string of the molecule is C=C([O])NCC[CH2+]. The summed E-state index contributed by atoms with van der Waals surface area (Å²) in [6, 6.07) is 0. The molecule has 39 valence electrons. The average Bonchev–Trinajstić information content (AvgIpc) is 1.61. The molecule has 0 unspecified atom stereocenters. The summed E-state index contributed by atoms with van der Waals surface area (Å²) in [6.45, 7) is 7.24. The summed E-state index contributed by atoms with van der Waals surface area (Å²) in [5, 5.41) is 12.4. The summed E-state index contributed by atoms with van der Waals surface area (Å²) in [7, 11) is 0. The Morgan fingerprint density at radius 3 is 2.57 bits per heavy atom. The van der Waals surface area contributed by atoms with Gasteiger partial charge in [-0.25, -0.2) is 0 Å². The van der Waals surface area contributed by atoms with Gasteiger partial charge in [-0.05, 0) is 6.58 Å². The highest BCUT2D eigenvalue weighted by Gasteiger charge is 1.85. The van der Waals surface area contributed by atoms with Crippen LogP contribution in [0.5, 0.6) is 0 Å². The van der Waals surface area contributed by atoms with Crippen molar-refractivity contribution < 1.29 is 5.11 Å². The van der Waals surface area contributed by atoms with Crippen LogP contribution in [0.2, 0.25) is 0 Å². The minimum absolute atomic E-state index is 0.233. The summed E-state index contributed by atoms with van der Waals surface area (Å²) in [5.74, 6) is -0.233. The molecule has 0 saturated heterocycles. The standard InChI is InChI=1S/C5H9NO/c1-3-4-6-5(2)7/h6H,1-4H2/q+1. The first kappa shape index (κ1) is 6.21. The summed E-state index contributed by atoms with van der Waals surface area (Å²) in [5.41, 5.74) is 0. The van der Waals surface area contributed by atoms with E-state index in [0.717, 1.165) is 6.42 Å². The molecule has 0 aromatic carbocycles. The van der Waals surface area contributed by atoms with Crippen molar-refractivity contribution in [3.8, 4) is 0 Å². The lowest BCUT2D eigenvalue weighted by Gasteiger charge is -1.91. The van der Waals surface area contributed by atoms with Gasteiger partial charge >= 0.3 is 0 Å². The molecule has 1 N–H and O–H groups in total. The summed E-state index contributed by atoms with van der Waals surface area (Å²) in [6.07, 6.45) is 0.723. The van der Waals surface area contributed by atoms with Gasteiger partial charge in [0.05, 0.1) is 13.5 Å². The lowest BCUT2D eigenvalue weighted by atomic mass is 10.5. The van der Waals surface area contributed by atoms with Crippen LogP contribution in [-0.2, 0) is 5.11 Å². The first-order chi connectivity index (χ1) is 3.27. The number of hydrogen-bond acceptors (Lipinski definition) is 1. The molecule has 2 heteroatoms. The molecule has 0 rings (SSSR count). The van der Waals surface area contributed by atoms with Crippen molar-refractivity contribution in [2.24, 2.45) is 0 Å². The van der Waals surface area contributed by atoms with Crippen molar-refractivity contribution in [3.05, 3.63) is 19.4 Å². The fourth-order valence-corrected chi connectivity index (χ4v) is 0.228. The van der Waals surface area contributed by atoms with E-state index < -0.39 is 0 Å². The summed E-state index contributed by atoms with van der Waals surface area (Å²) in [4.78, 5) is 0. The number of hydrogen-bond donors (Lipinski definition) is 1. The van der Waals surface area contributed by atoms with Crippen LogP contribution in [0.15, 0.2) is 12.5 Å². The molecule has 0 saturated carbocycles. The maximum atomic E-state index is 9.95. The molecule has 1 radical (unpaired) electrons. The lowest BCUT2D eigenvalue weighted by Crippen LogP contribution is -2.10. The molecule has 0 amide bonds. The predicted molar refractivity (Wildman–Crippen MR) is 27.8 cm³/mol. The zero-order chi connectivity index (χ0) is 5.70. The third-order valence-corrected chi connectivity index (χ3v) is 0.499. The van der Waals surface area contributed by atoms with E-state index >= 15 is 0 Å². The average molecular weight is 99.1 g/mol. The van der Waals surface area contributed by atoms with Crippen molar-refractivity contribution in [2.45, 2.75) is 6.42 Å². The molecular weight excluding hydrogens is 90.1 g/mol. The van der Waals surface area contributed by atoms with Crippen LogP contribution < -0.4 is 5.32 Å². The molecule has 0 spiro atoms. The first-order valence-electron chi connectivity index (χ1n) is 2.16. The van der Waals surface area contributed by atoms with Gasteiger partial charge in [0.25, 0.3) is 0 Å². The smallest absolute Gasteiger partial charge is 0.236 e. The third-order valence-electron chi connectivity index (χ3n) is 0.499. The molecule has 2 nitrogen and oxygen atoms in total. The summed E-state index contributed by atoms with van der Waals surface area (Å²) >= 11 is 0. The predicted octanol–water partition coefficient (Wildman–Crippen LogP) is 0.702. The minimum Gasteiger partial charge on any atom is -0.349 e. The first-order valence-corrected chi connectivity index (χ1v) is 2.16. The second-order valence-corrected chi connectivity index (χ2v) is 1.20. The fraction of sp³-hybridized carbons (Fsp3) is 0.400. The zero-order valence-electron chi connectivity index (χ0n) is 4.24. The minimum atomic E-state index is -0.233. The van der Waals surface area contributed by atoms with E-state index in [1.807, 2.05) is 0 Å². The van der Waals surface area contributed by atoms with Gasteiger partial charge < -0.3 is 5.32 Å². The molecule has 0 aromatic heterocycles. The zero-order valence-corrected chi connectivity index (χ0v) is 4.24. The largest absolute Gasteiger partial charge is 0.349 e. The number of rotatable bonds is 3. The molecular formula is C5H9NO+. The topological polar surface area (TPSA) is 31.9 Å². The van der Waals surface area contributed by atoms with E-state index in [1.165, 1.54) is 0 Å². The van der Waals surface area contributed by atoms with Gasteiger partial charge in [-0.1, -0.05) is 0 Å². The molecule has 0 aromatic rings. The highest BCUT2D eigenvalue weighted by molar-refractivity contribution is 4.73. The molecule has 0 aliphatic carbocycles. The Labute approximate surface area is 43.9 Å². The van der Waals surface area contributed by atoms with Crippen LogP contribution >= 0.6 is 0 Å². The molecule has 0 fully saturated rings. The Kier molecular flexibility index (Phi) is 3.02. The van der Waals surface area contributed by atoms with E-state index in [4.69, 9.17) is 0 Å². The highest BCUT2D eigenvalue weighted by Crippen LogP contribution is 1.74. The van der Waals surface area contributed by atoms with Crippen LogP contribution in [0.1, 0.15) is 6.42 Å². The van der Waals surface area contributed by atoms with Crippen molar-refractivity contribution >= 4 is 0 Å². The Morgan fingerprint density at radius 2 is 2.43 bits per heavy atom. The summed E-state index contributed by atoms with van der Waals surface area (Å²) < 4.78 is 0. The normalized spacial score (nSPS) is 8.00. The quantitative estimate of drug-likeness (QED) is 0.410. The van der Waals surface area contributed by atoms with E-state index in [-0.39, 0.29) is 5.88 Å². The van der Waals surface area contributed by atoms with Crippen LogP contribution in [-0.4, -0.2) is 6.54 Å². The van der Waals surface area contributed by atoms with Gasteiger partial charge in [-0.3, -0.25) is 5.11 Å². The Bertz CT molecular complexity index is 61.1. The van der Waals surface area contributed by atoms with Crippen LogP contribution in [0.4, 0.5) is 0 Å². The fourth-order valence-electron chi connectivity index (χ4n) is 0.228. The molecule has 0 aliphatic heterocycles. The Hall–Kier alpha value is -0.790. The van der Waals surface area contributed by atoms with E-state index in [9.17, 15) is 5.11 Å². The van der Waals surface area contributed by atoms with Crippen molar-refractivity contribution in [1.82, 2.24) is 5.32 Å². The molecule has 7 heavy (non-hydrogen) atoms. The molecule has 0 bridgehead atoms. The number of nitrogens with one attached hydrogen (secondary N) is 1. The van der Waals surface area contributed by atoms with Gasteiger partial charge in [0.2, 0.25) is 5.88 Å². The van der Waals surface area contributed by atoms with Crippen molar-refractivity contribution in [2.75, 3.05) is 6.54 Å². The van der Waals surface area contributed by atoms with E-state index in [2.05, 4.69) is 18.8 Å². The maximum Gasteiger partial charge on any atom is 0.236 e. The van der Waals surface area contributed by atoms with Crippen molar-refractivity contribution in [1.29, 1.82) is 0 Å². The lowest BCUT2D eigenvalue weighted by molar-refractivity contribution is 0.266. The Morgan fingerprint density at radius 1 is 1.86 bits per heavy atom. The molecule has 0 heterocycles. The van der Waals surface area contributed by atoms with Crippen LogP contribution in [0, 0.1) is 6.92 Å². The van der Waals surface area contributed by atoms with Gasteiger partial charge in [0.15, 0.2) is 0 Å². The monoisotopic (exact) mass is 99.1 g/mol. The van der Waals surface area contributed by atoms with Crippen LogP contribution in [0.3, 0.4) is 0 Å². The van der Waals surface area contributed by atoms with Gasteiger partial charge in [0.1, 0.15) is 6.42 Å². The van der Waals surface area contributed by atoms with Gasteiger partial charge in [-0.15, -0.1) is 0 Å². The second kappa shape index (κ2) is 3.40. The van der Waals surface area contributed by atoms with Gasteiger partial charge in [-0.2, -0.15) is 0 Å². The van der Waals surface area contributed by atoms with Crippen LogP contribution in [0.25, 0.3) is 0 Å². The molecule has 0 aliphatic rings. The maximum absolute atomic E-state index is 9.95. The van der Waals surface area contributed by atoms with E-state index in [1.54, 1.807) is 0 Å². The Balaban J connectivity index is 2.82. The molecule has 0 atom stereocenters. The van der Waals surface area contributed by atoms with E-state index in [0.29, 0.717) is 6.54 Å². The van der Waals surface area contributed by atoms with Gasteiger partial charge in [0, 0.05) is 0 Å². The third kappa shape index (κ3) is 5.21. The second-order valence-electron chi connectivity index (χ2n) is 1.20. The van der Waals surface area contributed by atoms with Crippen molar-refractivity contribution in [3.63, 3.8) is 0 Å². The highest BCUT2D eigenvalue weighted by atomic mass is 16.3.